The van der Waals surface area contributed by atoms with Gasteiger partial charge in [-0.25, -0.2) is 0 Å². The molecule has 1 aromatic rings. The molecular weight excluding hydrogens is 240 g/mol. The standard InChI is InChI=1S/C11H15BrN2/c1-8-3-4-9(2)14(8)11-5-6-13-7-10(11)12/h5-9H,3-4H2,1-2H3/t8-,9-/m1/s1. The minimum absolute atomic E-state index is 0.642. The molecule has 1 saturated heterocycles. The van der Waals surface area contributed by atoms with E-state index in [4.69, 9.17) is 0 Å². The van der Waals surface area contributed by atoms with Crippen molar-refractivity contribution < 1.29 is 0 Å². The van der Waals surface area contributed by atoms with Crippen molar-refractivity contribution in [3.8, 4) is 0 Å². The Hall–Kier alpha value is -0.570. The molecule has 1 aliphatic heterocycles. The third kappa shape index (κ3) is 1.65. The normalized spacial score (nSPS) is 26.9. The fourth-order valence-electron chi connectivity index (χ4n) is 2.25. The SMILES string of the molecule is C[C@@H]1CC[C@@H](C)N1c1ccncc1Br. The molecule has 0 saturated carbocycles. The topological polar surface area (TPSA) is 16.1 Å². The predicted molar refractivity (Wildman–Crippen MR) is 62.6 cm³/mol. The summed E-state index contributed by atoms with van der Waals surface area (Å²) in [5.41, 5.74) is 1.28. The first-order valence-corrected chi connectivity index (χ1v) is 5.87. The summed E-state index contributed by atoms with van der Waals surface area (Å²) in [6.45, 7) is 4.58. The molecule has 0 radical (unpaired) electrons. The number of anilines is 1. The van der Waals surface area contributed by atoms with Crippen LogP contribution >= 0.6 is 15.9 Å². The van der Waals surface area contributed by atoms with Crippen LogP contribution in [0.1, 0.15) is 26.7 Å². The van der Waals surface area contributed by atoms with Gasteiger partial charge in [0, 0.05) is 24.5 Å². The zero-order chi connectivity index (χ0) is 10.1. The maximum atomic E-state index is 4.09. The molecule has 0 aliphatic carbocycles. The van der Waals surface area contributed by atoms with Crippen molar-refractivity contribution in [1.82, 2.24) is 4.98 Å². The monoisotopic (exact) mass is 254 g/mol. The third-order valence-corrected chi connectivity index (χ3v) is 3.59. The van der Waals surface area contributed by atoms with E-state index in [-0.39, 0.29) is 0 Å². The second kappa shape index (κ2) is 3.89. The van der Waals surface area contributed by atoms with E-state index in [0.29, 0.717) is 12.1 Å². The Morgan fingerprint density at radius 2 is 2.00 bits per heavy atom. The Morgan fingerprint density at radius 1 is 1.36 bits per heavy atom. The molecule has 14 heavy (non-hydrogen) atoms. The van der Waals surface area contributed by atoms with Gasteiger partial charge in [0.25, 0.3) is 0 Å². The molecule has 2 rings (SSSR count). The average Bonchev–Trinajstić information content (AvgIpc) is 2.48. The van der Waals surface area contributed by atoms with Gasteiger partial charge in [-0.2, -0.15) is 0 Å². The Kier molecular flexibility index (Phi) is 2.77. The van der Waals surface area contributed by atoms with Crippen LogP contribution in [-0.4, -0.2) is 17.1 Å². The molecule has 1 fully saturated rings. The van der Waals surface area contributed by atoms with E-state index in [1.165, 1.54) is 18.5 Å². The summed E-state index contributed by atoms with van der Waals surface area (Å²) in [6.07, 6.45) is 6.30. The Morgan fingerprint density at radius 3 is 2.57 bits per heavy atom. The molecular formula is C11H15BrN2. The minimum atomic E-state index is 0.642. The van der Waals surface area contributed by atoms with Crippen LogP contribution in [-0.2, 0) is 0 Å². The molecule has 76 valence electrons. The van der Waals surface area contributed by atoms with Crippen molar-refractivity contribution in [2.24, 2.45) is 0 Å². The summed E-state index contributed by atoms with van der Waals surface area (Å²) in [5.74, 6) is 0. The molecule has 0 aromatic carbocycles. The molecule has 0 N–H and O–H groups in total. The number of aromatic nitrogens is 1. The number of rotatable bonds is 1. The van der Waals surface area contributed by atoms with E-state index >= 15 is 0 Å². The van der Waals surface area contributed by atoms with Gasteiger partial charge < -0.3 is 4.90 Å². The Labute approximate surface area is 93.5 Å². The molecule has 3 heteroatoms. The summed E-state index contributed by atoms with van der Waals surface area (Å²) in [7, 11) is 0. The van der Waals surface area contributed by atoms with Crippen LogP contribution in [0.15, 0.2) is 22.9 Å². The number of hydrogen-bond acceptors (Lipinski definition) is 2. The maximum absolute atomic E-state index is 4.09. The minimum Gasteiger partial charge on any atom is -0.365 e. The van der Waals surface area contributed by atoms with E-state index in [0.717, 1.165) is 4.47 Å². The molecule has 2 nitrogen and oxygen atoms in total. The van der Waals surface area contributed by atoms with Gasteiger partial charge in [0.1, 0.15) is 0 Å². The number of pyridine rings is 1. The first kappa shape index (κ1) is 9.97. The number of nitrogens with zero attached hydrogens (tertiary/aromatic N) is 2. The van der Waals surface area contributed by atoms with Crippen LogP contribution in [0.25, 0.3) is 0 Å². The summed E-state index contributed by atoms with van der Waals surface area (Å²) in [6, 6.07) is 3.37. The van der Waals surface area contributed by atoms with Gasteiger partial charge in [-0.3, -0.25) is 4.98 Å². The van der Waals surface area contributed by atoms with E-state index < -0.39 is 0 Å². The van der Waals surface area contributed by atoms with Crippen molar-refractivity contribution in [3.63, 3.8) is 0 Å². The second-order valence-electron chi connectivity index (χ2n) is 4.01. The van der Waals surface area contributed by atoms with Crippen LogP contribution in [0.4, 0.5) is 5.69 Å². The highest BCUT2D eigenvalue weighted by Gasteiger charge is 2.28. The summed E-state index contributed by atoms with van der Waals surface area (Å²) >= 11 is 3.56. The van der Waals surface area contributed by atoms with Crippen molar-refractivity contribution in [2.75, 3.05) is 4.90 Å². The molecule has 1 aromatic heterocycles. The van der Waals surface area contributed by atoms with Crippen LogP contribution in [0, 0.1) is 0 Å². The van der Waals surface area contributed by atoms with Crippen LogP contribution in [0.3, 0.4) is 0 Å². The molecule has 0 bridgehead atoms. The zero-order valence-electron chi connectivity index (χ0n) is 8.57. The average molecular weight is 255 g/mol. The summed E-state index contributed by atoms with van der Waals surface area (Å²) < 4.78 is 1.10. The highest BCUT2D eigenvalue weighted by atomic mass is 79.9. The Balaban J connectivity index is 2.34. The van der Waals surface area contributed by atoms with Crippen LogP contribution < -0.4 is 4.90 Å². The zero-order valence-corrected chi connectivity index (χ0v) is 10.2. The van der Waals surface area contributed by atoms with Gasteiger partial charge in [-0.15, -0.1) is 0 Å². The van der Waals surface area contributed by atoms with E-state index in [1.54, 1.807) is 0 Å². The van der Waals surface area contributed by atoms with Gasteiger partial charge >= 0.3 is 0 Å². The molecule has 2 atom stereocenters. The van der Waals surface area contributed by atoms with Crippen molar-refractivity contribution in [2.45, 2.75) is 38.8 Å². The van der Waals surface area contributed by atoms with Crippen LogP contribution in [0.2, 0.25) is 0 Å². The third-order valence-electron chi connectivity index (χ3n) is 2.98. The maximum Gasteiger partial charge on any atom is 0.0592 e. The lowest BCUT2D eigenvalue weighted by molar-refractivity contribution is 0.692. The van der Waals surface area contributed by atoms with E-state index in [2.05, 4.69) is 45.7 Å². The van der Waals surface area contributed by atoms with Gasteiger partial charge in [0.2, 0.25) is 0 Å². The quantitative estimate of drug-likeness (QED) is 0.765. The van der Waals surface area contributed by atoms with Gasteiger partial charge in [0.15, 0.2) is 0 Å². The second-order valence-corrected chi connectivity index (χ2v) is 4.86. The van der Waals surface area contributed by atoms with Crippen molar-refractivity contribution in [1.29, 1.82) is 0 Å². The predicted octanol–water partition coefficient (Wildman–Crippen LogP) is 3.22. The highest BCUT2D eigenvalue weighted by Crippen LogP contribution is 2.34. The fraction of sp³-hybridized carbons (Fsp3) is 0.545. The highest BCUT2D eigenvalue weighted by molar-refractivity contribution is 9.10. The first-order chi connectivity index (χ1) is 6.70. The Bertz CT molecular complexity index is 317. The number of halogens is 1. The van der Waals surface area contributed by atoms with E-state index in [1.807, 2.05) is 12.4 Å². The van der Waals surface area contributed by atoms with Crippen molar-refractivity contribution in [3.05, 3.63) is 22.9 Å². The molecule has 0 spiro atoms. The molecule has 1 aliphatic rings. The fourth-order valence-corrected chi connectivity index (χ4v) is 2.70. The largest absolute Gasteiger partial charge is 0.365 e. The van der Waals surface area contributed by atoms with Gasteiger partial charge in [0.05, 0.1) is 10.2 Å². The summed E-state index contributed by atoms with van der Waals surface area (Å²) in [5, 5.41) is 0. The molecule has 0 unspecified atom stereocenters. The number of hydrogen-bond donors (Lipinski definition) is 0. The van der Waals surface area contributed by atoms with E-state index in [9.17, 15) is 0 Å². The molecule has 2 heterocycles. The lowest BCUT2D eigenvalue weighted by Crippen LogP contribution is -2.32. The lowest BCUT2D eigenvalue weighted by Gasteiger charge is -2.29. The van der Waals surface area contributed by atoms with Gasteiger partial charge in [-0.05, 0) is 48.7 Å². The van der Waals surface area contributed by atoms with Crippen LogP contribution in [0.5, 0.6) is 0 Å². The summed E-state index contributed by atoms with van der Waals surface area (Å²) in [4.78, 5) is 6.57. The smallest absolute Gasteiger partial charge is 0.0592 e. The van der Waals surface area contributed by atoms with Crippen molar-refractivity contribution >= 4 is 21.6 Å². The van der Waals surface area contributed by atoms with Gasteiger partial charge in [-0.1, -0.05) is 0 Å². The lowest BCUT2D eigenvalue weighted by atomic mass is 10.2. The first-order valence-electron chi connectivity index (χ1n) is 5.08. The molecule has 0 amide bonds.